The number of carboxylic acids is 1. The highest BCUT2D eigenvalue weighted by Crippen LogP contribution is 2.47. The van der Waals surface area contributed by atoms with Gasteiger partial charge in [0, 0.05) is 24.0 Å². The van der Waals surface area contributed by atoms with Gasteiger partial charge in [-0.1, -0.05) is 49.9 Å². The Balaban J connectivity index is 1.50. The Morgan fingerprint density at radius 3 is 2.44 bits per heavy atom. The first kappa shape index (κ1) is 23.3. The van der Waals surface area contributed by atoms with E-state index in [0.717, 1.165) is 60.3 Å². The summed E-state index contributed by atoms with van der Waals surface area (Å²) in [5.41, 5.74) is 5.63. The Morgan fingerprint density at radius 2 is 1.67 bits per heavy atom. The number of hydrogen-bond acceptors (Lipinski definition) is 3. The molecule has 6 rings (SSSR count). The molecule has 3 aliphatic rings. The number of rotatable bonds is 5. The molecule has 0 radical (unpaired) electrons. The summed E-state index contributed by atoms with van der Waals surface area (Å²) >= 11 is 0. The molecule has 1 aromatic heterocycles. The molecule has 0 atom stereocenters. The number of nitrogens with zero attached hydrogens (tertiary/aromatic N) is 3. The second kappa shape index (κ2) is 9.74. The van der Waals surface area contributed by atoms with Crippen LogP contribution in [0.15, 0.2) is 42.5 Å². The molecule has 2 aromatic carbocycles. The SMILES string of the molecule is O=C(O)c1ccc2c(C3CCCCC3)c3n(c2c1)CC(=O)N(CCN1CCCCC1)c1ccccc1-3. The van der Waals surface area contributed by atoms with Crippen LogP contribution in [0.25, 0.3) is 22.2 Å². The standard InChI is InChI=1S/C30H35N3O3/c34-27-20-33-26-19-22(30(35)36)13-14-23(26)28(21-9-3-1-4-10-21)29(33)24-11-5-6-12-25(24)32(27)18-17-31-15-7-2-8-16-31/h5-6,11-14,19,21H,1-4,7-10,15-18,20H2,(H,35,36). The summed E-state index contributed by atoms with van der Waals surface area (Å²) < 4.78 is 2.12. The zero-order chi connectivity index (χ0) is 24.6. The molecule has 1 saturated heterocycles. The lowest BCUT2D eigenvalue weighted by Gasteiger charge is -2.30. The van der Waals surface area contributed by atoms with Gasteiger partial charge in [0.15, 0.2) is 0 Å². The van der Waals surface area contributed by atoms with Crippen molar-refractivity contribution in [1.29, 1.82) is 0 Å². The number of hydrogen-bond donors (Lipinski definition) is 1. The Bertz CT molecular complexity index is 1300. The van der Waals surface area contributed by atoms with Gasteiger partial charge in [0.25, 0.3) is 0 Å². The predicted octanol–water partition coefficient (Wildman–Crippen LogP) is 5.89. The third-order valence-electron chi connectivity index (χ3n) is 8.50. The van der Waals surface area contributed by atoms with Crippen LogP contribution in [0.1, 0.15) is 73.2 Å². The Hall–Kier alpha value is -3.12. The molecular weight excluding hydrogens is 450 g/mol. The van der Waals surface area contributed by atoms with E-state index in [9.17, 15) is 14.7 Å². The summed E-state index contributed by atoms with van der Waals surface area (Å²) in [5.74, 6) is -0.433. The van der Waals surface area contributed by atoms with Gasteiger partial charge < -0.3 is 19.5 Å². The van der Waals surface area contributed by atoms with Gasteiger partial charge in [-0.2, -0.15) is 0 Å². The predicted molar refractivity (Wildman–Crippen MR) is 143 cm³/mol. The number of carbonyl (C=O) groups is 2. The van der Waals surface area contributed by atoms with Gasteiger partial charge in [0.1, 0.15) is 6.54 Å². The van der Waals surface area contributed by atoms with Gasteiger partial charge in [0.2, 0.25) is 5.91 Å². The number of para-hydroxylation sites is 1. The fourth-order valence-electron chi connectivity index (χ4n) is 6.70. The van der Waals surface area contributed by atoms with Crippen molar-refractivity contribution >= 4 is 28.5 Å². The van der Waals surface area contributed by atoms with Crippen molar-refractivity contribution in [1.82, 2.24) is 9.47 Å². The maximum Gasteiger partial charge on any atom is 0.335 e. The van der Waals surface area contributed by atoms with Crippen LogP contribution in [0.3, 0.4) is 0 Å². The largest absolute Gasteiger partial charge is 0.478 e. The normalized spacial score (nSPS) is 19.2. The van der Waals surface area contributed by atoms with Crippen molar-refractivity contribution in [3.8, 4) is 11.3 Å². The quantitative estimate of drug-likeness (QED) is 0.490. The van der Waals surface area contributed by atoms with Crippen LogP contribution >= 0.6 is 0 Å². The van der Waals surface area contributed by atoms with Gasteiger partial charge in [-0.15, -0.1) is 0 Å². The summed E-state index contributed by atoms with van der Waals surface area (Å²) in [6.45, 7) is 4.01. The molecule has 2 aliphatic heterocycles. The van der Waals surface area contributed by atoms with E-state index in [1.54, 1.807) is 12.1 Å². The van der Waals surface area contributed by atoms with Crippen LogP contribution in [0, 0.1) is 0 Å². The van der Waals surface area contributed by atoms with Crippen LogP contribution in [-0.2, 0) is 11.3 Å². The second-order valence-corrected chi connectivity index (χ2v) is 10.7. The Morgan fingerprint density at radius 1 is 0.917 bits per heavy atom. The first-order chi connectivity index (χ1) is 17.6. The lowest BCUT2D eigenvalue weighted by atomic mass is 9.81. The molecule has 0 unspecified atom stereocenters. The number of aromatic carboxylic acids is 1. The van der Waals surface area contributed by atoms with E-state index < -0.39 is 5.97 Å². The third-order valence-corrected chi connectivity index (χ3v) is 8.50. The molecule has 3 heterocycles. The molecule has 2 fully saturated rings. The number of carbonyl (C=O) groups excluding carboxylic acids is 1. The first-order valence-corrected chi connectivity index (χ1v) is 13.6. The molecule has 0 spiro atoms. The van der Waals surface area contributed by atoms with Gasteiger partial charge in [0.05, 0.1) is 22.5 Å². The molecule has 6 nitrogen and oxygen atoms in total. The number of fused-ring (bicyclic) bond motifs is 5. The zero-order valence-electron chi connectivity index (χ0n) is 20.9. The van der Waals surface area contributed by atoms with E-state index in [-0.39, 0.29) is 18.0 Å². The number of amides is 1. The first-order valence-electron chi connectivity index (χ1n) is 13.6. The molecule has 0 bridgehead atoms. The number of likely N-dealkylation sites (tertiary alicyclic amines) is 1. The average molecular weight is 486 g/mol. The number of benzene rings is 2. The van der Waals surface area contributed by atoms with Crippen LogP contribution in [-0.4, -0.2) is 52.6 Å². The van der Waals surface area contributed by atoms with Crippen LogP contribution < -0.4 is 4.90 Å². The van der Waals surface area contributed by atoms with E-state index in [1.165, 1.54) is 44.1 Å². The number of carboxylic acid groups (broad SMARTS) is 1. The van der Waals surface area contributed by atoms with Crippen molar-refractivity contribution in [2.75, 3.05) is 31.1 Å². The number of anilines is 1. The summed E-state index contributed by atoms with van der Waals surface area (Å²) in [6, 6.07) is 13.8. The van der Waals surface area contributed by atoms with E-state index in [0.29, 0.717) is 12.5 Å². The molecule has 1 amide bonds. The van der Waals surface area contributed by atoms with Crippen molar-refractivity contribution in [3.05, 3.63) is 53.6 Å². The van der Waals surface area contributed by atoms with Crippen molar-refractivity contribution in [3.63, 3.8) is 0 Å². The van der Waals surface area contributed by atoms with Gasteiger partial charge in [-0.25, -0.2) is 4.79 Å². The van der Waals surface area contributed by atoms with Gasteiger partial charge >= 0.3 is 5.97 Å². The monoisotopic (exact) mass is 485 g/mol. The smallest absolute Gasteiger partial charge is 0.335 e. The molecular formula is C30H35N3O3. The van der Waals surface area contributed by atoms with Crippen LogP contribution in [0.4, 0.5) is 5.69 Å². The van der Waals surface area contributed by atoms with Crippen LogP contribution in [0.2, 0.25) is 0 Å². The van der Waals surface area contributed by atoms with Crippen molar-refractivity contribution < 1.29 is 14.7 Å². The summed E-state index contributed by atoms with van der Waals surface area (Å²) in [4.78, 5) is 30.1. The Labute approximate surface area is 212 Å². The van der Waals surface area contributed by atoms with E-state index in [4.69, 9.17) is 0 Å². The molecule has 36 heavy (non-hydrogen) atoms. The minimum atomic E-state index is -0.935. The highest BCUT2D eigenvalue weighted by molar-refractivity contribution is 6.05. The lowest BCUT2D eigenvalue weighted by Crippen LogP contribution is -2.41. The second-order valence-electron chi connectivity index (χ2n) is 10.7. The fraction of sp³-hybridized carbons (Fsp3) is 0.467. The maximum atomic E-state index is 13.8. The van der Waals surface area contributed by atoms with Gasteiger partial charge in [-0.05, 0) is 68.5 Å². The topological polar surface area (TPSA) is 65.8 Å². The van der Waals surface area contributed by atoms with Crippen LogP contribution in [0.5, 0.6) is 0 Å². The van der Waals surface area contributed by atoms with E-state index >= 15 is 0 Å². The maximum absolute atomic E-state index is 13.8. The lowest BCUT2D eigenvalue weighted by molar-refractivity contribution is -0.119. The average Bonchev–Trinajstić information content (AvgIpc) is 3.16. The molecule has 1 N–H and O–H groups in total. The molecule has 3 aromatic rings. The number of piperidine rings is 1. The van der Waals surface area contributed by atoms with Gasteiger partial charge in [-0.3, -0.25) is 4.79 Å². The molecule has 1 saturated carbocycles. The highest BCUT2D eigenvalue weighted by Gasteiger charge is 2.33. The van der Waals surface area contributed by atoms with Crippen molar-refractivity contribution in [2.24, 2.45) is 0 Å². The zero-order valence-corrected chi connectivity index (χ0v) is 20.9. The van der Waals surface area contributed by atoms with Crippen molar-refractivity contribution in [2.45, 2.75) is 63.8 Å². The molecule has 188 valence electrons. The summed E-state index contributed by atoms with van der Waals surface area (Å²) in [7, 11) is 0. The third kappa shape index (κ3) is 4.11. The molecule has 6 heteroatoms. The fourth-order valence-corrected chi connectivity index (χ4v) is 6.70. The minimum Gasteiger partial charge on any atom is -0.478 e. The summed E-state index contributed by atoms with van der Waals surface area (Å²) in [5, 5.41) is 10.8. The van der Waals surface area contributed by atoms with E-state index in [2.05, 4.69) is 27.7 Å². The minimum absolute atomic E-state index is 0.0750. The Kier molecular flexibility index (Phi) is 6.30. The number of aromatic nitrogens is 1. The van der Waals surface area contributed by atoms with E-state index in [1.807, 2.05) is 17.0 Å². The molecule has 1 aliphatic carbocycles. The highest BCUT2D eigenvalue weighted by atomic mass is 16.4. The summed E-state index contributed by atoms with van der Waals surface area (Å²) in [6.07, 6.45) is 9.75.